The van der Waals surface area contributed by atoms with Crippen LogP contribution in [0.5, 0.6) is 0 Å². The van der Waals surface area contributed by atoms with E-state index in [1.54, 1.807) is 11.3 Å². The van der Waals surface area contributed by atoms with E-state index >= 15 is 0 Å². The lowest BCUT2D eigenvalue weighted by Gasteiger charge is -2.34. The van der Waals surface area contributed by atoms with Gasteiger partial charge in [0, 0.05) is 30.9 Å². The van der Waals surface area contributed by atoms with E-state index in [0.29, 0.717) is 18.9 Å². The number of hydrogen-bond donors (Lipinski definition) is 2. The Morgan fingerprint density at radius 2 is 2.36 bits per heavy atom. The monoisotopic (exact) mass is 323 g/mol. The number of nitrogens with zero attached hydrogens (tertiary/aromatic N) is 1. The summed E-state index contributed by atoms with van der Waals surface area (Å²) < 4.78 is 5.45. The molecule has 2 saturated heterocycles. The Kier molecular flexibility index (Phi) is 5.83. The van der Waals surface area contributed by atoms with Crippen LogP contribution in [0.3, 0.4) is 0 Å². The van der Waals surface area contributed by atoms with Crippen molar-refractivity contribution in [1.29, 1.82) is 0 Å². The maximum Gasteiger partial charge on any atom is 0.220 e. The fourth-order valence-corrected chi connectivity index (χ4v) is 4.07. The summed E-state index contributed by atoms with van der Waals surface area (Å²) in [6.45, 7) is 6.15. The minimum atomic E-state index is 0.184. The van der Waals surface area contributed by atoms with Crippen LogP contribution in [0.15, 0.2) is 17.5 Å². The fraction of sp³-hybridized carbons (Fsp3) is 0.688. The molecule has 0 saturated carbocycles. The van der Waals surface area contributed by atoms with Crippen LogP contribution in [0.2, 0.25) is 0 Å². The van der Waals surface area contributed by atoms with E-state index in [1.807, 2.05) is 0 Å². The largest absolute Gasteiger partial charge is 0.379 e. The number of carbonyl (C=O) groups is 1. The summed E-state index contributed by atoms with van der Waals surface area (Å²) in [5, 5.41) is 8.57. The molecule has 1 aromatic rings. The van der Waals surface area contributed by atoms with Crippen LogP contribution in [0.4, 0.5) is 0 Å². The zero-order valence-electron chi connectivity index (χ0n) is 12.9. The maximum atomic E-state index is 12.2. The molecule has 1 aromatic heterocycles. The van der Waals surface area contributed by atoms with Gasteiger partial charge >= 0.3 is 0 Å². The Morgan fingerprint density at radius 1 is 1.50 bits per heavy atom. The molecule has 3 heterocycles. The Hall–Kier alpha value is -0.950. The molecule has 2 fully saturated rings. The molecule has 3 rings (SSSR count). The first-order valence-corrected chi connectivity index (χ1v) is 9.03. The Bertz CT molecular complexity index is 454. The van der Waals surface area contributed by atoms with Gasteiger partial charge in [-0.3, -0.25) is 9.69 Å². The third kappa shape index (κ3) is 4.29. The fourth-order valence-electron chi connectivity index (χ4n) is 3.21. The first-order chi connectivity index (χ1) is 10.8. The van der Waals surface area contributed by atoms with Gasteiger partial charge in [0.1, 0.15) is 0 Å². The minimum absolute atomic E-state index is 0.184. The van der Waals surface area contributed by atoms with E-state index < -0.39 is 0 Å². The predicted molar refractivity (Wildman–Crippen MR) is 88.1 cm³/mol. The van der Waals surface area contributed by atoms with E-state index in [2.05, 4.69) is 33.0 Å². The second-order valence-corrected chi connectivity index (χ2v) is 7.03. The first-order valence-electron chi connectivity index (χ1n) is 8.15. The van der Waals surface area contributed by atoms with Gasteiger partial charge in [0.05, 0.1) is 19.3 Å². The van der Waals surface area contributed by atoms with Crippen LogP contribution < -0.4 is 10.6 Å². The second-order valence-electron chi connectivity index (χ2n) is 6.05. The maximum absolute atomic E-state index is 12.2. The third-order valence-corrected chi connectivity index (χ3v) is 5.46. The molecule has 0 bridgehead atoms. The molecule has 0 radical (unpaired) electrons. The quantitative estimate of drug-likeness (QED) is 0.827. The van der Waals surface area contributed by atoms with Crippen LogP contribution >= 0.6 is 11.3 Å². The highest BCUT2D eigenvalue weighted by atomic mass is 32.1. The van der Waals surface area contributed by atoms with Crippen molar-refractivity contribution in [3.63, 3.8) is 0 Å². The van der Waals surface area contributed by atoms with Gasteiger partial charge in [-0.15, -0.1) is 11.3 Å². The van der Waals surface area contributed by atoms with Gasteiger partial charge in [-0.2, -0.15) is 0 Å². The second kappa shape index (κ2) is 8.06. The van der Waals surface area contributed by atoms with Crippen molar-refractivity contribution >= 4 is 17.2 Å². The lowest BCUT2D eigenvalue weighted by Crippen LogP contribution is -2.43. The number of ether oxygens (including phenoxy) is 1. The molecule has 22 heavy (non-hydrogen) atoms. The molecular weight excluding hydrogens is 298 g/mol. The van der Waals surface area contributed by atoms with Crippen molar-refractivity contribution in [2.45, 2.75) is 18.9 Å². The summed E-state index contributed by atoms with van der Waals surface area (Å²) in [4.78, 5) is 15.9. The molecule has 0 aromatic carbocycles. The lowest BCUT2D eigenvalue weighted by molar-refractivity contribution is -0.122. The Labute approximate surface area is 136 Å². The number of rotatable bonds is 6. The number of thiophene rings is 1. The van der Waals surface area contributed by atoms with E-state index in [-0.39, 0.29) is 11.9 Å². The van der Waals surface area contributed by atoms with Crippen molar-refractivity contribution in [2.24, 2.45) is 5.92 Å². The van der Waals surface area contributed by atoms with Crippen LogP contribution in [0.25, 0.3) is 0 Å². The number of hydrogen-bond acceptors (Lipinski definition) is 5. The molecule has 0 aliphatic carbocycles. The molecule has 2 unspecified atom stereocenters. The third-order valence-electron chi connectivity index (χ3n) is 4.49. The smallest absolute Gasteiger partial charge is 0.220 e. The standard InChI is InChI=1S/C16H25N3O2S/c20-16(10-13-3-4-17-11-13)18-12-14(15-2-1-9-22-15)19-5-7-21-8-6-19/h1-2,9,13-14,17H,3-8,10-12H2,(H,18,20). The zero-order chi connectivity index (χ0) is 15.2. The number of amides is 1. The van der Waals surface area contributed by atoms with Crippen molar-refractivity contribution in [1.82, 2.24) is 15.5 Å². The van der Waals surface area contributed by atoms with Crippen LogP contribution in [0.1, 0.15) is 23.8 Å². The van der Waals surface area contributed by atoms with Gasteiger partial charge in [-0.1, -0.05) is 6.07 Å². The Balaban J connectivity index is 1.54. The van der Waals surface area contributed by atoms with Gasteiger partial charge in [-0.25, -0.2) is 0 Å². The SMILES string of the molecule is O=C(CC1CCNC1)NCC(c1cccs1)N1CCOCC1. The molecular formula is C16H25N3O2S. The van der Waals surface area contributed by atoms with E-state index in [1.165, 1.54) is 4.88 Å². The number of morpholine rings is 1. The normalized spacial score (nSPS) is 24.3. The highest BCUT2D eigenvalue weighted by Gasteiger charge is 2.24. The van der Waals surface area contributed by atoms with Crippen LogP contribution in [0, 0.1) is 5.92 Å². The zero-order valence-corrected chi connectivity index (χ0v) is 13.7. The van der Waals surface area contributed by atoms with Crippen molar-refractivity contribution in [3.8, 4) is 0 Å². The molecule has 1 amide bonds. The van der Waals surface area contributed by atoms with E-state index in [4.69, 9.17) is 4.74 Å². The lowest BCUT2D eigenvalue weighted by atomic mass is 10.0. The molecule has 0 spiro atoms. The molecule has 2 atom stereocenters. The molecule has 2 N–H and O–H groups in total. The molecule has 122 valence electrons. The summed E-state index contributed by atoms with van der Waals surface area (Å²) >= 11 is 1.77. The topological polar surface area (TPSA) is 53.6 Å². The summed E-state index contributed by atoms with van der Waals surface area (Å²) in [6.07, 6.45) is 1.76. The van der Waals surface area contributed by atoms with Crippen LogP contribution in [-0.4, -0.2) is 56.7 Å². The molecule has 2 aliphatic rings. The summed E-state index contributed by atoms with van der Waals surface area (Å²) in [5.41, 5.74) is 0. The highest BCUT2D eigenvalue weighted by Crippen LogP contribution is 2.25. The number of carbonyl (C=O) groups excluding carboxylic acids is 1. The van der Waals surface area contributed by atoms with E-state index in [9.17, 15) is 4.79 Å². The average Bonchev–Trinajstić information content (AvgIpc) is 3.22. The first kappa shape index (κ1) is 15.9. The van der Waals surface area contributed by atoms with Gasteiger partial charge in [0.25, 0.3) is 0 Å². The van der Waals surface area contributed by atoms with Gasteiger partial charge in [0.15, 0.2) is 0 Å². The van der Waals surface area contributed by atoms with Crippen molar-refractivity contribution in [3.05, 3.63) is 22.4 Å². The van der Waals surface area contributed by atoms with E-state index in [0.717, 1.165) is 45.8 Å². The predicted octanol–water partition coefficient (Wildman–Crippen LogP) is 1.24. The Morgan fingerprint density at radius 3 is 3.05 bits per heavy atom. The number of nitrogens with one attached hydrogen (secondary N) is 2. The van der Waals surface area contributed by atoms with Crippen molar-refractivity contribution in [2.75, 3.05) is 45.9 Å². The summed E-state index contributed by atoms with van der Waals surface area (Å²) in [7, 11) is 0. The molecule has 6 heteroatoms. The molecule has 5 nitrogen and oxygen atoms in total. The van der Waals surface area contributed by atoms with Gasteiger partial charge < -0.3 is 15.4 Å². The van der Waals surface area contributed by atoms with Crippen LogP contribution in [-0.2, 0) is 9.53 Å². The molecule has 2 aliphatic heterocycles. The summed E-state index contributed by atoms with van der Waals surface area (Å²) in [6, 6.07) is 4.52. The van der Waals surface area contributed by atoms with Gasteiger partial charge in [0.2, 0.25) is 5.91 Å². The average molecular weight is 323 g/mol. The minimum Gasteiger partial charge on any atom is -0.379 e. The summed E-state index contributed by atoms with van der Waals surface area (Å²) in [5.74, 6) is 0.687. The van der Waals surface area contributed by atoms with Gasteiger partial charge in [-0.05, 0) is 36.9 Å². The van der Waals surface area contributed by atoms with Crippen molar-refractivity contribution < 1.29 is 9.53 Å². The highest BCUT2D eigenvalue weighted by molar-refractivity contribution is 7.10.